The van der Waals surface area contributed by atoms with Gasteiger partial charge in [-0.1, -0.05) is 68.0 Å². The third kappa shape index (κ3) is 5.58. The molecular weight excluding hydrogens is 562 g/mol. The van der Waals surface area contributed by atoms with Crippen molar-refractivity contribution in [3.05, 3.63) is 60.2 Å². The van der Waals surface area contributed by atoms with E-state index in [4.69, 9.17) is 9.47 Å². The molecule has 1 unspecified atom stereocenters. The molecule has 44 heavy (non-hydrogen) atoms. The van der Waals surface area contributed by atoms with E-state index in [0.717, 1.165) is 18.4 Å². The molecular formula is C34H45N3O7. The molecule has 0 aliphatic carbocycles. The highest BCUT2D eigenvalue weighted by Crippen LogP contribution is 2.53. The lowest BCUT2D eigenvalue weighted by Crippen LogP contribution is -2.56. The SMILES string of the molecule is CCCC(C)N1CC=C[C@]23O[C@@H]4/C=C\CCC(=O)N(C)[C@H](C)[C@@H](c5ccccc5)OC(=O)[C@@H]4[C@H]2C(=O)N(CCCO)[C@@H]3C1=O. The van der Waals surface area contributed by atoms with Gasteiger partial charge in [-0.3, -0.25) is 19.2 Å². The molecule has 5 rings (SSSR count). The Kier molecular flexibility index (Phi) is 9.60. The van der Waals surface area contributed by atoms with Gasteiger partial charge in [-0.2, -0.15) is 0 Å². The van der Waals surface area contributed by atoms with E-state index in [1.807, 2.05) is 62.4 Å². The van der Waals surface area contributed by atoms with Gasteiger partial charge in [-0.25, -0.2) is 0 Å². The Morgan fingerprint density at radius 1 is 1.09 bits per heavy atom. The third-order valence-electron chi connectivity index (χ3n) is 9.76. The minimum absolute atomic E-state index is 0.0525. The van der Waals surface area contributed by atoms with Crippen LogP contribution in [-0.2, 0) is 28.7 Å². The summed E-state index contributed by atoms with van der Waals surface area (Å²) in [5.74, 6) is -3.27. The number of esters is 1. The Morgan fingerprint density at radius 2 is 1.84 bits per heavy atom. The number of cyclic esters (lactones) is 1. The van der Waals surface area contributed by atoms with Crippen LogP contribution in [0.4, 0.5) is 0 Å². The van der Waals surface area contributed by atoms with Gasteiger partial charge in [0, 0.05) is 39.2 Å². The Labute approximate surface area is 259 Å². The molecule has 1 aromatic rings. The normalized spacial score (nSPS) is 34.0. The van der Waals surface area contributed by atoms with Crippen molar-refractivity contribution in [3.63, 3.8) is 0 Å². The van der Waals surface area contributed by atoms with E-state index in [1.54, 1.807) is 22.9 Å². The number of allylic oxidation sites excluding steroid dienone is 1. The molecule has 10 heteroatoms. The molecule has 1 spiro atoms. The topological polar surface area (TPSA) is 117 Å². The largest absolute Gasteiger partial charge is 0.455 e. The summed E-state index contributed by atoms with van der Waals surface area (Å²) >= 11 is 0. The molecule has 3 amide bonds. The molecule has 0 saturated carbocycles. The number of likely N-dealkylation sites (N-methyl/N-ethyl adjacent to an activating group) is 1. The standard InChI is InChI=1S/C34H45N3O7/c1-5-13-22(2)36-19-11-18-34-28(31(40)37(20-12-21-38)30(34)32(36)41)27-25(44-34)16-9-10-17-26(39)35(4)23(3)29(43-33(27)42)24-14-7-6-8-15-24/h6-9,11,14-16,18,22-23,25,27-30,38H,5,10,12-13,17,19-21H2,1-4H3/b16-9-/t22?,23-,25-,27+,28+,29+,30-,34+/m1/s1. The van der Waals surface area contributed by atoms with Gasteiger partial charge in [0.05, 0.1) is 18.1 Å². The van der Waals surface area contributed by atoms with Crippen molar-refractivity contribution in [2.75, 3.05) is 26.7 Å². The maximum Gasteiger partial charge on any atom is 0.313 e. The number of carbonyl (C=O) groups is 4. The number of amides is 3. The number of likely N-dealkylation sites (tertiary alicyclic amines) is 1. The zero-order valence-corrected chi connectivity index (χ0v) is 26.1. The van der Waals surface area contributed by atoms with Crippen LogP contribution in [0.15, 0.2) is 54.6 Å². The zero-order chi connectivity index (χ0) is 31.6. The van der Waals surface area contributed by atoms with E-state index in [0.29, 0.717) is 19.4 Å². The summed E-state index contributed by atoms with van der Waals surface area (Å²) in [6, 6.07) is 7.77. The van der Waals surface area contributed by atoms with Crippen LogP contribution in [0, 0.1) is 11.8 Å². The highest BCUT2D eigenvalue weighted by Gasteiger charge is 2.71. The van der Waals surface area contributed by atoms with Crippen molar-refractivity contribution >= 4 is 23.7 Å². The first-order valence-electron chi connectivity index (χ1n) is 15.9. The van der Waals surface area contributed by atoms with E-state index in [-0.39, 0.29) is 43.3 Å². The second-order valence-corrected chi connectivity index (χ2v) is 12.5. The molecule has 2 fully saturated rings. The summed E-state index contributed by atoms with van der Waals surface area (Å²) in [4.78, 5) is 61.0. The number of carbonyl (C=O) groups excluding carboxylic acids is 4. The number of rotatable bonds is 7. The molecule has 0 bridgehead atoms. The van der Waals surface area contributed by atoms with E-state index in [2.05, 4.69) is 6.92 Å². The summed E-state index contributed by atoms with van der Waals surface area (Å²) in [6.07, 6.45) is 8.33. The second kappa shape index (κ2) is 13.2. The number of fused-ring (bicyclic) bond motifs is 2. The summed E-state index contributed by atoms with van der Waals surface area (Å²) in [5.41, 5.74) is -0.653. The molecule has 1 aromatic carbocycles. The highest BCUT2D eigenvalue weighted by atomic mass is 16.6. The van der Waals surface area contributed by atoms with E-state index < -0.39 is 47.7 Å². The second-order valence-electron chi connectivity index (χ2n) is 12.5. The summed E-state index contributed by atoms with van der Waals surface area (Å²) < 4.78 is 13.0. The van der Waals surface area contributed by atoms with Gasteiger partial charge >= 0.3 is 5.97 Å². The summed E-state index contributed by atoms with van der Waals surface area (Å²) in [7, 11) is 1.71. The molecule has 10 nitrogen and oxygen atoms in total. The third-order valence-corrected chi connectivity index (χ3v) is 9.76. The first-order valence-corrected chi connectivity index (χ1v) is 15.9. The van der Waals surface area contributed by atoms with Gasteiger partial charge in [0.15, 0.2) is 0 Å². The highest BCUT2D eigenvalue weighted by molar-refractivity contribution is 5.99. The Bertz CT molecular complexity index is 1300. The number of aliphatic hydroxyl groups excluding tert-OH is 1. The van der Waals surface area contributed by atoms with E-state index >= 15 is 0 Å². The zero-order valence-electron chi connectivity index (χ0n) is 26.1. The lowest BCUT2D eigenvalue weighted by molar-refractivity contribution is -0.164. The fraction of sp³-hybridized carbons (Fsp3) is 0.588. The smallest absolute Gasteiger partial charge is 0.313 e. The van der Waals surface area contributed by atoms with Crippen LogP contribution in [0.3, 0.4) is 0 Å². The van der Waals surface area contributed by atoms with Crippen LogP contribution >= 0.6 is 0 Å². The maximum atomic E-state index is 14.4. The maximum absolute atomic E-state index is 14.4. The minimum Gasteiger partial charge on any atom is -0.455 e. The van der Waals surface area contributed by atoms with Crippen molar-refractivity contribution < 1.29 is 33.8 Å². The van der Waals surface area contributed by atoms with Crippen LogP contribution in [0.1, 0.15) is 64.5 Å². The van der Waals surface area contributed by atoms with Gasteiger partial charge in [-0.05, 0) is 38.7 Å². The first-order chi connectivity index (χ1) is 21.2. The van der Waals surface area contributed by atoms with Crippen molar-refractivity contribution in [2.45, 2.75) is 88.8 Å². The van der Waals surface area contributed by atoms with Crippen LogP contribution in [0.25, 0.3) is 0 Å². The number of hydrogen-bond donors (Lipinski definition) is 1. The van der Waals surface area contributed by atoms with Gasteiger partial charge in [-0.15, -0.1) is 0 Å². The quantitative estimate of drug-likeness (QED) is 0.374. The van der Waals surface area contributed by atoms with Crippen molar-refractivity contribution in [2.24, 2.45) is 11.8 Å². The van der Waals surface area contributed by atoms with Gasteiger partial charge < -0.3 is 29.3 Å². The fourth-order valence-corrected chi connectivity index (χ4v) is 7.36. The summed E-state index contributed by atoms with van der Waals surface area (Å²) in [6.45, 7) is 6.31. The number of hydrogen-bond acceptors (Lipinski definition) is 7. The Morgan fingerprint density at radius 3 is 2.55 bits per heavy atom. The number of benzene rings is 1. The molecule has 0 radical (unpaired) electrons. The van der Waals surface area contributed by atoms with Crippen LogP contribution < -0.4 is 0 Å². The molecule has 4 aliphatic heterocycles. The molecule has 1 N–H and O–H groups in total. The molecule has 8 atom stereocenters. The first kappa shape index (κ1) is 31.9. The Hall–Kier alpha value is -3.50. The number of aliphatic hydroxyl groups is 1. The minimum atomic E-state index is -1.39. The average Bonchev–Trinajstić information content (AvgIpc) is 3.40. The van der Waals surface area contributed by atoms with Gasteiger partial charge in [0.2, 0.25) is 17.7 Å². The van der Waals surface area contributed by atoms with Crippen molar-refractivity contribution in [3.8, 4) is 0 Å². The lowest BCUT2D eigenvalue weighted by atomic mass is 9.77. The molecule has 0 aromatic heterocycles. The molecule has 4 heterocycles. The molecule has 2 saturated heterocycles. The number of nitrogens with zero attached hydrogens (tertiary/aromatic N) is 3. The number of ether oxygens (including phenoxy) is 2. The predicted octanol–water partition coefficient (Wildman–Crippen LogP) is 3.02. The monoisotopic (exact) mass is 607 g/mol. The van der Waals surface area contributed by atoms with Crippen LogP contribution in [0.2, 0.25) is 0 Å². The lowest BCUT2D eigenvalue weighted by Gasteiger charge is -2.37. The van der Waals surface area contributed by atoms with Crippen molar-refractivity contribution in [1.29, 1.82) is 0 Å². The van der Waals surface area contributed by atoms with Gasteiger partial charge in [0.1, 0.15) is 23.7 Å². The van der Waals surface area contributed by atoms with Crippen LogP contribution in [-0.4, -0.2) is 100 Å². The average molecular weight is 608 g/mol. The Balaban J connectivity index is 1.59. The predicted molar refractivity (Wildman–Crippen MR) is 163 cm³/mol. The summed E-state index contributed by atoms with van der Waals surface area (Å²) in [5, 5.41) is 9.66. The van der Waals surface area contributed by atoms with E-state index in [1.165, 1.54) is 4.90 Å². The fourth-order valence-electron chi connectivity index (χ4n) is 7.36. The van der Waals surface area contributed by atoms with Crippen molar-refractivity contribution in [1.82, 2.24) is 14.7 Å². The van der Waals surface area contributed by atoms with Gasteiger partial charge in [0.25, 0.3) is 0 Å². The van der Waals surface area contributed by atoms with E-state index in [9.17, 15) is 24.3 Å². The molecule has 4 aliphatic rings. The molecule has 238 valence electrons. The van der Waals surface area contributed by atoms with Crippen LogP contribution in [0.5, 0.6) is 0 Å².